The first-order chi connectivity index (χ1) is 11.3. The second-order valence-electron chi connectivity index (χ2n) is 7.32. The van der Waals surface area contributed by atoms with Crippen LogP contribution in [0.3, 0.4) is 0 Å². The van der Waals surface area contributed by atoms with Crippen molar-refractivity contribution >= 4 is 29.9 Å². The molecule has 3 rings (SSSR count). The number of halogens is 1. The maximum absolute atomic E-state index is 5.90. The van der Waals surface area contributed by atoms with Gasteiger partial charge in [0.05, 0.1) is 18.2 Å². The minimum atomic E-state index is 0. The Hall–Kier alpha value is -0.0800. The number of fused-ring (bicyclic) bond motifs is 2. The number of likely N-dealkylation sites (tertiary alicyclic amines) is 1. The zero-order valence-corrected chi connectivity index (χ0v) is 17.5. The lowest BCUT2D eigenvalue weighted by Gasteiger charge is -2.26. The molecular weight excluding hydrogens is 415 g/mol. The summed E-state index contributed by atoms with van der Waals surface area (Å²) in [5.74, 6) is 0.946. The van der Waals surface area contributed by atoms with E-state index in [4.69, 9.17) is 4.74 Å². The van der Waals surface area contributed by atoms with Crippen molar-refractivity contribution in [2.45, 2.75) is 76.0 Å². The fourth-order valence-electron chi connectivity index (χ4n) is 4.19. The van der Waals surface area contributed by atoms with Crippen molar-refractivity contribution in [1.29, 1.82) is 0 Å². The van der Waals surface area contributed by atoms with Gasteiger partial charge in [0.2, 0.25) is 0 Å². The standard InChI is InChI=1S/C18H34N4O.HI/c1-19-18(21-16-14-15-8-9-17(16)23-15)20-10-4-2-5-11-22-12-6-3-7-13-22;/h15-17H,2-14H2,1H3,(H2,19,20,21);1H. The largest absolute Gasteiger partial charge is 0.373 e. The molecule has 3 saturated heterocycles. The molecule has 2 bridgehead atoms. The molecule has 3 atom stereocenters. The van der Waals surface area contributed by atoms with Crippen LogP contribution in [-0.2, 0) is 4.74 Å². The summed E-state index contributed by atoms with van der Waals surface area (Å²) in [5, 5.41) is 7.01. The maximum Gasteiger partial charge on any atom is 0.191 e. The molecule has 0 spiro atoms. The smallest absolute Gasteiger partial charge is 0.191 e. The number of hydrogen-bond acceptors (Lipinski definition) is 3. The Bertz CT molecular complexity index is 387. The number of nitrogens with one attached hydrogen (secondary N) is 2. The number of hydrogen-bond donors (Lipinski definition) is 2. The number of unbranched alkanes of at least 4 members (excludes halogenated alkanes) is 2. The summed E-state index contributed by atoms with van der Waals surface area (Å²) in [7, 11) is 1.86. The van der Waals surface area contributed by atoms with Crippen LogP contribution in [0.25, 0.3) is 0 Å². The molecule has 0 aliphatic carbocycles. The van der Waals surface area contributed by atoms with Crippen LogP contribution >= 0.6 is 24.0 Å². The number of nitrogens with zero attached hydrogens (tertiary/aromatic N) is 2. The number of piperidine rings is 1. The Kier molecular flexibility index (Phi) is 9.11. The normalized spacial score (nSPS) is 30.2. The molecule has 3 heterocycles. The Morgan fingerprint density at radius 3 is 2.62 bits per heavy atom. The zero-order chi connectivity index (χ0) is 15.9. The summed E-state index contributed by atoms with van der Waals surface area (Å²) in [6.07, 6.45) is 12.6. The predicted molar refractivity (Wildman–Crippen MR) is 110 cm³/mol. The average Bonchev–Trinajstić information content (AvgIpc) is 3.20. The van der Waals surface area contributed by atoms with Gasteiger partial charge in [0.15, 0.2) is 5.96 Å². The first-order valence-corrected chi connectivity index (χ1v) is 9.70. The van der Waals surface area contributed by atoms with Crippen molar-refractivity contribution in [1.82, 2.24) is 15.5 Å². The summed E-state index contributed by atoms with van der Waals surface area (Å²) < 4.78 is 5.90. The van der Waals surface area contributed by atoms with Gasteiger partial charge in [-0.2, -0.15) is 0 Å². The molecule has 0 saturated carbocycles. The summed E-state index contributed by atoms with van der Waals surface area (Å²) in [4.78, 5) is 6.99. The molecule has 2 N–H and O–H groups in total. The molecular formula is C18H35IN4O. The molecule has 3 aliphatic heterocycles. The topological polar surface area (TPSA) is 48.9 Å². The maximum atomic E-state index is 5.90. The van der Waals surface area contributed by atoms with Crippen molar-refractivity contribution in [2.24, 2.45) is 4.99 Å². The molecule has 0 amide bonds. The Morgan fingerprint density at radius 1 is 1.12 bits per heavy atom. The van der Waals surface area contributed by atoms with Crippen LogP contribution in [0, 0.1) is 0 Å². The van der Waals surface area contributed by atoms with Gasteiger partial charge in [-0.1, -0.05) is 12.8 Å². The highest BCUT2D eigenvalue weighted by molar-refractivity contribution is 14.0. The third-order valence-electron chi connectivity index (χ3n) is 5.54. The van der Waals surface area contributed by atoms with E-state index in [-0.39, 0.29) is 24.0 Å². The van der Waals surface area contributed by atoms with Crippen LogP contribution in [0.4, 0.5) is 0 Å². The van der Waals surface area contributed by atoms with Gasteiger partial charge in [-0.15, -0.1) is 24.0 Å². The lowest BCUT2D eigenvalue weighted by molar-refractivity contribution is 0.0992. The molecule has 24 heavy (non-hydrogen) atoms. The SMILES string of the molecule is CN=C(NCCCCCN1CCCCC1)NC1CC2CCC1O2.I. The van der Waals surface area contributed by atoms with Crippen LogP contribution < -0.4 is 10.6 Å². The van der Waals surface area contributed by atoms with Gasteiger partial charge >= 0.3 is 0 Å². The van der Waals surface area contributed by atoms with Gasteiger partial charge in [0.25, 0.3) is 0 Å². The van der Waals surface area contributed by atoms with E-state index in [1.807, 2.05) is 7.05 Å². The van der Waals surface area contributed by atoms with E-state index >= 15 is 0 Å². The quantitative estimate of drug-likeness (QED) is 0.271. The predicted octanol–water partition coefficient (Wildman–Crippen LogP) is 2.75. The summed E-state index contributed by atoms with van der Waals surface area (Å²) in [5.41, 5.74) is 0. The van der Waals surface area contributed by atoms with Gasteiger partial charge in [-0.25, -0.2) is 0 Å². The number of ether oxygens (including phenoxy) is 1. The summed E-state index contributed by atoms with van der Waals surface area (Å²) in [6, 6.07) is 0.457. The van der Waals surface area contributed by atoms with E-state index < -0.39 is 0 Å². The van der Waals surface area contributed by atoms with Crippen molar-refractivity contribution in [2.75, 3.05) is 33.2 Å². The molecule has 6 heteroatoms. The van der Waals surface area contributed by atoms with Crippen LogP contribution in [0.1, 0.15) is 57.8 Å². The first kappa shape index (κ1) is 20.2. The molecule has 0 aromatic rings. The molecule has 3 unspecified atom stereocenters. The van der Waals surface area contributed by atoms with Crippen LogP contribution in [0.2, 0.25) is 0 Å². The van der Waals surface area contributed by atoms with E-state index in [1.165, 1.54) is 71.0 Å². The first-order valence-electron chi connectivity index (χ1n) is 9.70. The zero-order valence-electron chi connectivity index (χ0n) is 15.1. The fraction of sp³-hybridized carbons (Fsp3) is 0.944. The number of aliphatic imine (C=N–C) groups is 1. The van der Waals surface area contributed by atoms with E-state index in [1.54, 1.807) is 0 Å². The molecule has 0 aromatic carbocycles. The fourth-order valence-corrected chi connectivity index (χ4v) is 4.19. The van der Waals surface area contributed by atoms with Crippen molar-refractivity contribution in [3.05, 3.63) is 0 Å². The lowest BCUT2D eigenvalue weighted by Crippen LogP contribution is -2.47. The van der Waals surface area contributed by atoms with Gasteiger partial charge < -0.3 is 20.3 Å². The van der Waals surface area contributed by atoms with Crippen molar-refractivity contribution in [3.8, 4) is 0 Å². The van der Waals surface area contributed by atoms with Gasteiger partial charge in [-0.05, 0) is 64.6 Å². The molecule has 5 nitrogen and oxygen atoms in total. The molecule has 140 valence electrons. The Morgan fingerprint density at radius 2 is 1.96 bits per heavy atom. The lowest BCUT2D eigenvalue weighted by atomic mass is 9.96. The van der Waals surface area contributed by atoms with E-state index in [0.717, 1.165) is 18.9 Å². The monoisotopic (exact) mass is 450 g/mol. The second kappa shape index (κ2) is 10.8. The average molecular weight is 450 g/mol. The van der Waals surface area contributed by atoms with Gasteiger partial charge in [0.1, 0.15) is 0 Å². The van der Waals surface area contributed by atoms with E-state index in [9.17, 15) is 0 Å². The molecule has 3 fully saturated rings. The van der Waals surface area contributed by atoms with Gasteiger partial charge in [-0.3, -0.25) is 4.99 Å². The highest BCUT2D eigenvalue weighted by Crippen LogP contribution is 2.34. The summed E-state index contributed by atoms with van der Waals surface area (Å²) >= 11 is 0. The second-order valence-corrected chi connectivity index (χ2v) is 7.32. The minimum absolute atomic E-state index is 0. The van der Waals surface area contributed by atoms with Crippen molar-refractivity contribution in [3.63, 3.8) is 0 Å². The number of rotatable bonds is 7. The summed E-state index contributed by atoms with van der Waals surface area (Å²) in [6.45, 7) is 4.94. The van der Waals surface area contributed by atoms with Crippen LogP contribution in [-0.4, -0.2) is 62.3 Å². The third-order valence-corrected chi connectivity index (χ3v) is 5.54. The van der Waals surface area contributed by atoms with E-state index in [2.05, 4.69) is 20.5 Å². The van der Waals surface area contributed by atoms with Gasteiger partial charge in [0, 0.05) is 13.6 Å². The third kappa shape index (κ3) is 6.02. The Labute approximate surface area is 164 Å². The van der Waals surface area contributed by atoms with E-state index in [0.29, 0.717) is 18.2 Å². The molecule has 0 aromatic heterocycles. The number of guanidine groups is 1. The van der Waals surface area contributed by atoms with Crippen LogP contribution in [0.15, 0.2) is 4.99 Å². The highest BCUT2D eigenvalue weighted by atomic mass is 127. The Balaban J connectivity index is 0.00000208. The highest BCUT2D eigenvalue weighted by Gasteiger charge is 2.41. The minimum Gasteiger partial charge on any atom is -0.373 e. The van der Waals surface area contributed by atoms with Crippen LogP contribution in [0.5, 0.6) is 0 Å². The van der Waals surface area contributed by atoms with Crippen molar-refractivity contribution < 1.29 is 4.74 Å². The molecule has 0 radical (unpaired) electrons. The molecule has 3 aliphatic rings.